The van der Waals surface area contributed by atoms with Crippen molar-refractivity contribution in [3.05, 3.63) is 82.0 Å². The van der Waals surface area contributed by atoms with Crippen molar-refractivity contribution in [1.29, 1.82) is 0 Å². The van der Waals surface area contributed by atoms with Gasteiger partial charge in [-0.2, -0.15) is 0 Å². The molecule has 30 heavy (non-hydrogen) atoms. The SMILES string of the molecule is O=C(Cc1ccc(-c2ccccc2)cc1)N1CCC(N2CCc3sccc3C2)CC1. The first-order valence-electron chi connectivity index (χ1n) is 11.0. The van der Waals surface area contributed by atoms with Gasteiger partial charge in [-0.15, -0.1) is 11.3 Å². The third-order valence-electron chi connectivity index (χ3n) is 6.59. The first-order chi connectivity index (χ1) is 14.8. The van der Waals surface area contributed by atoms with Crippen LogP contribution in [-0.4, -0.2) is 41.4 Å². The topological polar surface area (TPSA) is 23.6 Å². The highest BCUT2D eigenvalue weighted by molar-refractivity contribution is 7.10. The molecule has 1 fully saturated rings. The van der Waals surface area contributed by atoms with Crippen molar-refractivity contribution in [3.8, 4) is 11.1 Å². The van der Waals surface area contributed by atoms with Crippen LogP contribution in [0.5, 0.6) is 0 Å². The number of amides is 1. The smallest absolute Gasteiger partial charge is 0.226 e. The zero-order chi connectivity index (χ0) is 20.3. The van der Waals surface area contributed by atoms with Gasteiger partial charge in [0.15, 0.2) is 0 Å². The largest absolute Gasteiger partial charge is 0.342 e. The molecule has 0 saturated carbocycles. The average Bonchev–Trinajstić information content (AvgIpc) is 3.28. The minimum atomic E-state index is 0.264. The summed E-state index contributed by atoms with van der Waals surface area (Å²) in [5.41, 5.74) is 5.03. The quantitative estimate of drug-likeness (QED) is 0.597. The molecule has 4 heteroatoms. The van der Waals surface area contributed by atoms with Crippen LogP contribution in [0, 0.1) is 0 Å². The van der Waals surface area contributed by atoms with Crippen LogP contribution in [0.15, 0.2) is 66.0 Å². The summed E-state index contributed by atoms with van der Waals surface area (Å²) in [7, 11) is 0. The molecule has 1 aromatic heterocycles. The van der Waals surface area contributed by atoms with Crippen LogP contribution in [0.1, 0.15) is 28.8 Å². The predicted octanol–water partition coefficient (Wildman–Crippen LogP) is 5.01. The van der Waals surface area contributed by atoms with Crippen LogP contribution in [0.3, 0.4) is 0 Å². The van der Waals surface area contributed by atoms with Gasteiger partial charge in [0, 0.05) is 37.1 Å². The van der Waals surface area contributed by atoms with E-state index in [4.69, 9.17) is 0 Å². The fourth-order valence-electron chi connectivity index (χ4n) is 4.79. The normalized spacial score (nSPS) is 17.7. The molecule has 3 heterocycles. The van der Waals surface area contributed by atoms with Crippen LogP contribution >= 0.6 is 11.3 Å². The molecule has 1 saturated heterocycles. The van der Waals surface area contributed by atoms with Gasteiger partial charge in [-0.05, 0) is 53.0 Å². The van der Waals surface area contributed by atoms with Crippen LogP contribution in [0.25, 0.3) is 11.1 Å². The fourth-order valence-corrected chi connectivity index (χ4v) is 5.68. The molecule has 0 radical (unpaired) electrons. The molecular weight excluding hydrogens is 388 g/mol. The van der Waals surface area contributed by atoms with E-state index in [2.05, 4.69) is 69.8 Å². The molecule has 2 aliphatic rings. The summed E-state index contributed by atoms with van der Waals surface area (Å²) in [6, 6.07) is 21.7. The van der Waals surface area contributed by atoms with Gasteiger partial charge in [0.1, 0.15) is 0 Å². The van der Waals surface area contributed by atoms with Gasteiger partial charge in [-0.3, -0.25) is 9.69 Å². The molecule has 2 aliphatic heterocycles. The average molecular weight is 417 g/mol. The van der Waals surface area contributed by atoms with E-state index in [9.17, 15) is 4.79 Å². The van der Waals surface area contributed by atoms with E-state index in [1.807, 2.05) is 17.4 Å². The molecule has 2 aromatic carbocycles. The number of carbonyl (C=O) groups is 1. The van der Waals surface area contributed by atoms with Crippen molar-refractivity contribution in [1.82, 2.24) is 9.80 Å². The Morgan fingerprint density at radius 2 is 1.63 bits per heavy atom. The Morgan fingerprint density at radius 3 is 2.40 bits per heavy atom. The summed E-state index contributed by atoms with van der Waals surface area (Å²) in [4.78, 5) is 19.1. The molecule has 1 amide bonds. The van der Waals surface area contributed by atoms with E-state index in [1.54, 1.807) is 4.88 Å². The number of nitrogens with zero attached hydrogens (tertiary/aromatic N) is 2. The van der Waals surface area contributed by atoms with E-state index in [-0.39, 0.29) is 5.91 Å². The van der Waals surface area contributed by atoms with Crippen molar-refractivity contribution in [2.24, 2.45) is 0 Å². The molecule has 154 valence electrons. The standard InChI is InChI=1S/C26H28N2OS/c29-26(18-20-6-8-22(9-7-20)21-4-2-1-3-5-21)27-14-10-24(11-15-27)28-16-12-25-23(19-28)13-17-30-25/h1-9,13,17,24H,10-12,14-16,18-19H2. The monoisotopic (exact) mass is 416 g/mol. The molecule has 3 aromatic rings. The highest BCUT2D eigenvalue weighted by Gasteiger charge is 2.29. The molecule has 3 nitrogen and oxygen atoms in total. The number of thiophene rings is 1. The van der Waals surface area contributed by atoms with Crippen LogP contribution in [-0.2, 0) is 24.2 Å². The molecule has 5 rings (SSSR count). The number of fused-ring (bicyclic) bond motifs is 1. The summed E-state index contributed by atoms with van der Waals surface area (Å²) in [5.74, 6) is 0.264. The third-order valence-corrected chi connectivity index (χ3v) is 7.61. The second-order valence-electron chi connectivity index (χ2n) is 8.44. The Balaban J connectivity index is 1.14. The van der Waals surface area contributed by atoms with E-state index >= 15 is 0 Å². The van der Waals surface area contributed by atoms with Gasteiger partial charge in [0.05, 0.1) is 6.42 Å². The Hall–Kier alpha value is -2.43. The number of benzene rings is 2. The van der Waals surface area contributed by atoms with Crippen molar-refractivity contribution >= 4 is 17.2 Å². The Labute approximate surface area is 183 Å². The second-order valence-corrected chi connectivity index (χ2v) is 9.44. The first-order valence-corrected chi connectivity index (χ1v) is 11.9. The maximum atomic E-state index is 12.8. The van der Waals surface area contributed by atoms with Gasteiger partial charge >= 0.3 is 0 Å². The third kappa shape index (κ3) is 4.21. The molecule has 0 unspecified atom stereocenters. The Morgan fingerprint density at radius 1 is 0.900 bits per heavy atom. The lowest BCUT2D eigenvalue weighted by atomic mass is 9.98. The van der Waals surface area contributed by atoms with Crippen molar-refractivity contribution in [3.63, 3.8) is 0 Å². The molecule has 0 N–H and O–H groups in total. The molecule has 0 aliphatic carbocycles. The molecule has 0 spiro atoms. The van der Waals surface area contributed by atoms with Crippen LogP contribution in [0.4, 0.5) is 0 Å². The maximum absolute atomic E-state index is 12.8. The molecule has 0 atom stereocenters. The van der Waals surface area contributed by atoms with E-state index in [1.165, 1.54) is 29.7 Å². The fraction of sp³-hybridized carbons (Fsp3) is 0.346. The number of carbonyl (C=O) groups excluding carboxylic acids is 1. The lowest BCUT2D eigenvalue weighted by Gasteiger charge is -2.40. The zero-order valence-electron chi connectivity index (χ0n) is 17.3. The number of likely N-dealkylation sites (tertiary alicyclic amines) is 1. The number of hydrogen-bond donors (Lipinski definition) is 0. The van der Waals surface area contributed by atoms with Gasteiger partial charge in [-0.25, -0.2) is 0 Å². The summed E-state index contributed by atoms with van der Waals surface area (Å²) in [6.07, 6.45) is 3.88. The number of hydrogen-bond acceptors (Lipinski definition) is 3. The predicted molar refractivity (Wildman–Crippen MR) is 124 cm³/mol. The summed E-state index contributed by atoms with van der Waals surface area (Å²) in [5, 5.41) is 2.22. The Bertz CT molecular complexity index is 987. The lowest BCUT2D eigenvalue weighted by molar-refractivity contribution is -0.132. The molecule has 0 bridgehead atoms. The minimum Gasteiger partial charge on any atom is -0.342 e. The van der Waals surface area contributed by atoms with Gasteiger partial charge in [0.2, 0.25) is 5.91 Å². The van der Waals surface area contributed by atoms with Crippen molar-refractivity contribution < 1.29 is 4.79 Å². The van der Waals surface area contributed by atoms with Gasteiger partial charge in [-0.1, -0.05) is 54.6 Å². The summed E-state index contributed by atoms with van der Waals surface area (Å²) in [6.45, 7) is 4.03. The summed E-state index contributed by atoms with van der Waals surface area (Å²) >= 11 is 1.90. The highest BCUT2D eigenvalue weighted by Crippen LogP contribution is 2.28. The summed E-state index contributed by atoms with van der Waals surface area (Å²) < 4.78 is 0. The number of piperidine rings is 1. The van der Waals surface area contributed by atoms with Crippen molar-refractivity contribution in [2.45, 2.75) is 38.3 Å². The highest BCUT2D eigenvalue weighted by atomic mass is 32.1. The van der Waals surface area contributed by atoms with Crippen molar-refractivity contribution in [2.75, 3.05) is 19.6 Å². The van der Waals surface area contributed by atoms with Gasteiger partial charge in [0.25, 0.3) is 0 Å². The van der Waals surface area contributed by atoms with E-state index in [0.717, 1.165) is 38.0 Å². The zero-order valence-corrected chi connectivity index (χ0v) is 18.1. The first kappa shape index (κ1) is 19.5. The van der Waals surface area contributed by atoms with Gasteiger partial charge < -0.3 is 4.90 Å². The second kappa shape index (κ2) is 8.75. The maximum Gasteiger partial charge on any atom is 0.226 e. The minimum absolute atomic E-state index is 0.264. The lowest BCUT2D eigenvalue weighted by Crippen LogP contribution is -2.48. The van der Waals surface area contributed by atoms with Crippen LogP contribution in [0.2, 0.25) is 0 Å². The van der Waals surface area contributed by atoms with E-state index in [0.29, 0.717) is 12.5 Å². The van der Waals surface area contributed by atoms with Crippen LogP contribution < -0.4 is 0 Å². The van der Waals surface area contributed by atoms with E-state index < -0.39 is 0 Å². The Kier molecular flexibility index (Phi) is 5.69. The molecular formula is C26H28N2OS. The number of rotatable bonds is 4.